The Labute approximate surface area is 93.3 Å². The molecule has 0 radical (unpaired) electrons. The molecule has 0 amide bonds. The summed E-state index contributed by atoms with van der Waals surface area (Å²) in [6.07, 6.45) is 0.758. The van der Waals surface area contributed by atoms with E-state index in [2.05, 4.69) is 4.52 Å². The molecule has 0 aliphatic heterocycles. The Morgan fingerprint density at radius 1 is 1.25 bits per heavy atom. The Balaban J connectivity index is 2.29. The second kappa shape index (κ2) is 5.92. The van der Waals surface area contributed by atoms with Crippen LogP contribution >= 0.6 is 7.82 Å². The minimum atomic E-state index is -4.54. The third-order valence-corrected chi connectivity index (χ3v) is 2.39. The predicted molar refractivity (Wildman–Crippen MR) is 57.8 cm³/mol. The predicted octanol–water partition coefficient (Wildman–Crippen LogP) is 1.30. The van der Waals surface area contributed by atoms with Gasteiger partial charge in [0.1, 0.15) is 6.61 Å². The number of Topliss-reactive ketones (excluding diaryl/α,β-unsaturated/α-hetero) is 1. The Morgan fingerprint density at radius 2 is 1.88 bits per heavy atom. The topological polar surface area (TPSA) is 83.8 Å². The van der Waals surface area contributed by atoms with Gasteiger partial charge in [0.15, 0.2) is 5.78 Å². The van der Waals surface area contributed by atoms with E-state index in [1.54, 1.807) is 0 Å². The molecule has 88 valence electrons. The van der Waals surface area contributed by atoms with Crippen molar-refractivity contribution in [1.29, 1.82) is 0 Å². The zero-order valence-electron chi connectivity index (χ0n) is 8.57. The van der Waals surface area contributed by atoms with E-state index < -0.39 is 14.4 Å². The van der Waals surface area contributed by atoms with E-state index in [1.807, 2.05) is 30.3 Å². The first-order chi connectivity index (χ1) is 7.47. The zero-order valence-corrected chi connectivity index (χ0v) is 9.47. The fraction of sp³-hybridized carbons (Fsp3) is 0.300. The molecule has 0 aromatic heterocycles. The van der Waals surface area contributed by atoms with E-state index in [0.29, 0.717) is 6.42 Å². The number of rotatable bonds is 6. The summed E-state index contributed by atoms with van der Waals surface area (Å²) >= 11 is 0. The second-order valence-corrected chi connectivity index (χ2v) is 4.53. The SMILES string of the molecule is O=C(CCc1ccccc1)COP(=O)(O)O. The number of phosphoric ester groups is 1. The molecule has 0 aliphatic carbocycles. The summed E-state index contributed by atoms with van der Waals surface area (Å²) in [5, 5.41) is 0. The lowest BCUT2D eigenvalue weighted by molar-refractivity contribution is -0.121. The van der Waals surface area contributed by atoms with Crippen LogP contribution in [0.25, 0.3) is 0 Å². The van der Waals surface area contributed by atoms with Crippen molar-refractivity contribution in [3.05, 3.63) is 35.9 Å². The molecule has 1 rings (SSSR count). The van der Waals surface area contributed by atoms with Crippen LogP contribution < -0.4 is 0 Å². The molecule has 0 aliphatic rings. The fourth-order valence-corrected chi connectivity index (χ4v) is 1.47. The maximum Gasteiger partial charge on any atom is 0.470 e. The summed E-state index contributed by atoms with van der Waals surface area (Å²) in [6.45, 7) is -0.545. The molecule has 2 N–H and O–H groups in total. The average molecular weight is 244 g/mol. The van der Waals surface area contributed by atoms with Crippen LogP contribution in [0.1, 0.15) is 12.0 Å². The molecule has 5 nitrogen and oxygen atoms in total. The Kier molecular flexibility index (Phi) is 4.83. The summed E-state index contributed by atoms with van der Waals surface area (Å²) in [4.78, 5) is 28.0. The molecule has 6 heteroatoms. The van der Waals surface area contributed by atoms with Crippen molar-refractivity contribution in [2.24, 2.45) is 0 Å². The van der Waals surface area contributed by atoms with Crippen LogP contribution in [0.2, 0.25) is 0 Å². The number of ketones is 1. The molecule has 0 bridgehead atoms. The van der Waals surface area contributed by atoms with Gasteiger partial charge in [0, 0.05) is 6.42 Å². The van der Waals surface area contributed by atoms with Gasteiger partial charge < -0.3 is 9.79 Å². The summed E-state index contributed by atoms with van der Waals surface area (Å²) in [7, 11) is -4.54. The van der Waals surface area contributed by atoms with Crippen molar-refractivity contribution in [2.45, 2.75) is 12.8 Å². The maximum atomic E-state index is 11.2. The van der Waals surface area contributed by atoms with Crippen LogP contribution in [0, 0.1) is 0 Å². The van der Waals surface area contributed by atoms with E-state index in [4.69, 9.17) is 9.79 Å². The Hall–Kier alpha value is -1.00. The second-order valence-electron chi connectivity index (χ2n) is 3.29. The number of carbonyl (C=O) groups is 1. The average Bonchev–Trinajstić information content (AvgIpc) is 2.24. The fourth-order valence-electron chi connectivity index (χ4n) is 1.16. The monoisotopic (exact) mass is 244 g/mol. The lowest BCUT2D eigenvalue weighted by Gasteiger charge is -2.04. The minimum Gasteiger partial charge on any atom is -0.303 e. The van der Waals surface area contributed by atoms with Gasteiger partial charge >= 0.3 is 7.82 Å². The first-order valence-corrected chi connectivity index (χ1v) is 6.26. The molecule has 0 atom stereocenters. The van der Waals surface area contributed by atoms with Crippen LogP contribution in [0.3, 0.4) is 0 Å². The maximum absolute atomic E-state index is 11.2. The summed E-state index contributed by atoms with van der Waals surface area (Å²) in [5.41, 5.74) is 1.01. The normalized spacial score (nSPS) is 11.4. The van der Waals surface area contributed by atoms with Crippen LogP contribution in [0.15, 0.2) is 30.3 Å². The Bertz CT molecular complexity index is 383. The Morgan fingerprint density at radius 3 is 2.44 bits per heavy atom. The standard InChI is InChI=1S/C10H13O5P/c11-10(8-15-16(12,13)14)7-6-9-4-2-1-3-5-9/h1-5H,6-8H2,(H2,12,13,14). The van der Waals surface area contributed by atoms with Crippen molar-refractivity contribution < 1.29 is 23.7 Å². The van der Waals surface area contributed by atoms with Crippen LogP contribution in [0.5, 0.6) is 0 Å². The minimum absolute atomic E-state index is 0.212. The van der Waals surface area contributed by atoms with E-state index in [-0.39, 0.29) is 12.2 Å². The molecule has 0 heterocycles. The van der Waals surface area contributed by atoms with Gasteiger partial charge in [-0.3, -0.25) is 9.32 Å². The van der Waals surface area contributed by atoms with Gasteiger partial charge in [0.2, 0.25) is 0 Å². The lowest BCUT2D eigenvalue weighted by Crippen LogP contribution is -2.08. The van der Waals surface area contributed by atoms with Gasteiger partial charge in [0.25, 0.3) is 0 Å². The van der Waals surface area contributed by atoms with Crippen molar-refractivity contribution in [2.75, 3.05) is 6.61 Å². The molecular formula is C10H13O5P. The first kappa shape index (κ1) is 13.1. The summed E-state index contributed by atoms with van der Waals surface area (Å²) in [6, 6.07) is 9.38. The van der Waals surface area contributed by atoms with Crippen molar-refractivity contribution in [1.82, 2.24) is 0 Å². The third-order valence-electron chi connectivity index (χ3n) is 1.93. The van der Waals surface area contributed by atoms with Gasteiger partial charge in [-0.25, -0.2) is 4.57 Å². The van der Waals surface area contributed by atoms with Gasteiger partial charge in [-0.2, -0.15) is 0 Å². The zero-order chi connectivity index (χ0) is 12.0. The van der Waals surface area contributed by atoms with Gasteiger partial charge in [-0.1, -0.05) is 30.3 Å². The molecule has 0 fully saturated rings. The van der Waals surface area contributed by atoms with Crippen molar-refractivity contribution in [3.63, 3.8) is 0 Å². The highest BCUT2D eigenvalue weighted by Crippen LogP contribution is 2.35. The molecule has 1 aromatic carbocycles. The number of aryl methyl sites for hydroxylation is 1. The molecule has 0 saturated heterocycles. The lowest BCUT2D eigenvalue weighted by atomic mass is 10.1. The summed E-state index contributed by atoms with van der Waals surface area (Å²) in [5.74, 6) is -0.327. The third kappa shape index (κ3) is 5.78. The molecule has 0 spiro atoms. The van der Waals surface area contributed by atoms with E-state index >= 15 is 0 Å². The number of hydrogen-bond acceptors (Lipinski definition) is 3. The highest BCUT2D eigenvalue weighted by molar-refractivity contribution is 7.46. The molecular weight excluding hydrogens is 231 g/mol. The molecule has 0 unspecified atom stereocenters. The summed E-state index contributed by atoms with van der Waals surface area (Å²) < 4.78 is 14.4. The van der Waals surface area contributed by atoms with Gasteiger partial charge in [-0.15, -0.1) is 0 Å². The smallest absolute Gasteiger partial charge is 0.303 e. The van der Waals surface area contributed by atoms with E-state index in [1.165, 1.54) is 0 Å². The number of phosphoric acid groups is 1. The van der Waals surface area contributed by atoms with Crippen molar-refractivity contribution in [3.8, 4) is 0 Å². The first-order valence-electron chi connectivity index (χ1n) is 4.73. The van der Waals surface area contributed by atoms with Gasteiger partial charge in [0.05, 0.1) is 0 Å². The quantitative estimate of drug-likeness (QED) is 0.737. The number of benzene rings is 1. The molecule has 0 saturated carbocycles. The highest BCUT2D eigenvalue weighted by Gasteiger charge is 2.15. The van der Waals surface area contributed by atoms with E-state index in [9.17, 15) is 9.36 Å². The molecule has 1 aromatic rings. The van der Waals surface area contributed by atoms with E-state index in [0.717, 1.165) is 5.56 Å². The molecule has 16 heavy (non-hydrogen) atoms. The number of hydrogen-bond donors (Lipinski definition) is 2. The largest absolute Gasteiger partial charge is 0.470 e. The van der Waals surface area contributed by atoms with Crippen LogP contribution in [-0.4, -0.2) is 22.2 Å². The van der Waals surface area contributed by atoms with Crippen molar-refractivity contribution >= 4 is 13.6 Å². The number of carbonyl (C=O) groups excluding carboxylic acids is 1. The van der Waals surface area contributed by atoms with Crippen LogP contribution in [-0.2, 0) is 20.3 Å². The van der Waals surface area contributed by atoms with Crippen LogP contribution in [0.4, 0.5) is 0 Å². The highest BCUT2D eigenvalue weighted by atomic mass is 31.2. The van der Waals surface area contributed by atoms with Gasteiger partial charge in [-0.05, 0) is 12.0 Å².